The minimum atomic E-state index is -0.460. The number of hydrogen-bond donors (Lipinski definition) is 1. The lowest BCUT2D eigenvalue weighted by Gasteiger charge is -2.29. The third kappa shape index (κ3) is 3.04. The molecular weight excluding hydrogens is 292 g/mol. The first-order chi connectivity index (χ1) is 11.1. The standard InChI is InChI=1S/C18H18N2O3/c1-12-7-8-13(23-12)9-10-17(21)20-11-3-5-14-15(18(19)22)4-2-6-16(14)20/h2,4,6-10H,3,5,11H2,1H3,(H2,19,22)/b10-9+. The van der Waals surface area contributed by atoms with Gasteiger partial charge >= 0.3 is 0 Å². The number of anilines is 1. The average Bonchev–Trinajstić information content (AvgIpc) is 2.96. The second-order valence-electron chi connectivity index (χ2n) is 5.54. The van der Waals surface area contributed by atoms with Gasteiger partial charge in [-0.3, -0.25) is 9.59 Å². The van der Waals surface area contributed by atoms with Crippen molar-refractivity contribution in [3.05, 3.63) is 59.1 Å². The fourth-order valence-corrected chi connectivity index (χ4v) is 2.87. The molecule has 5 nitrogen and oxygen atoms in total. The van der Waals surface area contributed by atoms with Crippen molar-refractivity contribution >= 4 is 23.6 Å². The van der Waals surface area contributed by atoms with Gasteiger partial charge in [0.2, 0.25) is 5.91 Å². The number of fused-ring (bicyclic) bond motifs is 1. The van der Waals surface area contributed by atoms with Crippen molar-refractivity contribution in [3.63, 3.8) is 0 Å². The maximum atomic E-state index is 12.5. The number of hydrogen-bond acceptors (Lipinski definition) is 3. The summed E-state index contributed by atoms with van der Waals surface area (Å²) in [4.78, 5) is 25.7. The van der Waals surface area contributed by atoms with Crippen LogP contribution in [0.25, 0.3) is 6.08 Å². The molecule has 1 aliphatic heterocycles. The van der Waals surface area contributed by atoms with E-state index in [1.54, 1.807) is 23.1 Å². The predicted octanol–water partition coefficient (Wildman–Crippen LogP) is 2.68. The van der Waals surface area contributed by atoms with Crippen molar-refractivity contribution in [3.8, 4) is 0 Å². The highest BCUT2D eigenvalue weighted by molar-refractivity contribution is 6.06. The Morgan fingerprint density at radius 3 is 2.78 bits per heavy atom. The lowest BCUT2D eigenvalue weighted by molar-refractivity contribution is -0.114. The molecule has 118 valence electrons. The topological polar surface area (TPSA) is 76.5 Å². The van der Waals surface area contributed by atoms with Crippen LogP contribution in [0.3, 0.4) is 0 Å². The van der Waals surface area contributed by atoms with Crippen molar-refractivity contribution in [1.29, 1.82) is 0 Å². The molecule has 1 aromatic heterocycles. The Balaban J connectivity index is 1.88. The first-order valence-electron chi connectivity index (χ1n) is 7.54. The van der Waals surface area contributed by atoms with Gasteiger partial charge in [-0.25, -0.2) is 0 Å². The number of rotatable bonds is 3. The van der Waals surface area contributed by atoms with Crippen molar-refractivity contribution in [1.82, 2.24) is 0 Å². The highest BCUT2D eigenvalue weighted by atomic mass is 16.3. The molecule has 1 aliphatic rings. The van der Waals surface area contributed by atoms with Gasteiger partial charge in [0.15, 0.2) is 0 Å². The van der Waals surface area contributed by atoms with E-state index in [0.29, 0.717) is 17.9 Å². The van der Waals surface area contributed by atoms with E-state index in [1.165, 1.54) is 6.08 Å². The van der Waals surface area contributed by atoms with Crippen molar-refractivity contribution in [2.45, 2.75) is 19.8 Å². The van der Waals surface area contributed by atoms with Crippen LogP contribution in [0.1, 0.15) is 33.9 Å². The fraction of sp³-hybridized carbons (Fsp3) is 0.222. The molecule has 0 bridgehead atoms. The Kier molecular flexibility index (Phi) is 4.02. The summed E-state index contributed by atoms with van der Waals surface area (Å²) in [7, 11) is 0. The third-order valence-electron chi connectivity index (χ3n) is 3.93. The van der Waals surface area contributed by atoms with Crippen molar-refractivity contribution in [2.24, 2.45) is 5.73 Å². The monoisotopic (exact) mass is 310 g/mol. The second kappa shape index (κ2) is 6.12. The number of carbonyl (C=O) groups is 2. The minimum Gasteiger partial charge on any atom is -0.462 e. The van der Waals surface area contributed by atoms with E-state index >= 15 is 0 Å². The highest BCUT2D eigenvalue weighted by Crippen LogP contribution is 2.30. The smallest absolute Gasteiger partial charge is 0.251 e. The number of nitrogens with two attached hydrogens (primary N) is 1. The van der Waals surface area contributed by atoms with Gasteiger partial charge in [-0.15, -0.1) is 0 Å². The summed E-state index contributed by atoms with van der Waals surface area (Å²) in [5, 5.41) is 0. The second-order valence-corrected chi connectivity index (χ2v) is 5.54. The maximum Gasteiger partial charge on any atom is 0.251 e. The quantitative estimate of drug-likeness (QED) is 0.885. The first kappa shape index (κ1) is 15.1. The molecule has 23 heavy (non-hydrogen) atoms. The molecule has 0 saturated heterocycles. The van der Waals surface area contributed by atoms with E-state index in [2.05, 4.69) is 0 Å². The van der Waals surface area contributed by atoms with Crippen LogP contribution < -0.4 is 10.6 Å². The number of amides is 2. The lowest BCUT2D eigenvalue weighted by atomic mass is 9.96. The van der Waals surface area contributed by atoms with E-state index in [4.69, 9.17) is 10.2 Å². The number of carbonyl (C=O) groups excluding carboxylic acids is 2. The third-order valence-corrected chi connectivity index (χ3v) is 3.93. The van der Waals surface area contributed by atoms with E-state index in [0.717, 1.165) is 29.9 Å². The molecule has 3 rings (SSSR count). The van der Waals surface area contributed by atoms with E-state index in [9.17, 15) is 9.59 Å². The van der Waals surface area contributed by atoms with E-state index < -0.39 is 5.91 Å². The number of aryl methyl sites for hydroxylation is 1. The Labute approximate surface area is 134 Å². The zero-order valence-corrected chi connectivity index (χ0v) is 12.9. The Morgan fingerprint density at radius 2 is 2.09 bits per heavy atom. The summed E-state index contributed by atoms with van der Waals surface area (Å²) in [6.07, 6.45) is 4.70. The summed E-state index contributed by atoms with van der Waals surface area (Å²) in [5.41, 5.74) is 7.53. The van der Waals surface area contributed by atoms with Crippen LogP contribution in [0, 0.1) is 6.92 Å². The molecule has 0 saturated carbocycles. The van der Waals surface area contributed by atoms with Crippen LogP contribution in [-0.4, -0.2) is 18.4 Å². The molecule has 2 amide bonds. The van der Waals surface area contributed by atoms with E-state index in [1.807, 2.05) is 25.1 Å². The van der Waals surface area contributed by atoms with Gasteiger partial charge in [0.25, 0.3) is 5.91 Å². The Bertz CT molecular complexity index is 789. The zero-order valence-electron chi connectivity index (χ0n) is 12.9. The van der Waals surface area contributed by atoms with Gasteiger partial charge in [-0.1, -0.05) is 6.07 Å². The molecule has 0 unspecified atom stereocenters. The summed E-state index contributed by atoms with van der Waals surface area (Å²) in [5.74, 6) is 0.838. The first-order valence-corrected chi connectivity index (χ1v) is 7.54. The van der Waals surface area contributed by atoms with Crippen LogP contribution >= 0.6 is 0 Å². The van der Waals surface area contributed by atoms with Crippen LogP contribution in [0.2, 0.25) is 0 Å². The molecule has 2 heterocycles. The molecule has 2 aromatic rings. The van der Waals surface area contributed by atoms with Gasteiger partial charge in [-0.05, 0) is 55.7 Å². The van der Waals surface area contributed by atoms with Crippen molar-refractivity contribution in [2.75, 3.05) is 11.4 Å². The lowest BCUT2D eigenvalue weighted by Crippen LogP contribution is -2.35. The summed E-state index contributed by atoms with van der Waals surface area (Å²) >= 11 is 0. The van der Waals surface area contributed by atoms with Crippen LogP contribution in [-0.2, 0) is 11.2 Å². The zero-order chi connectivity index (χ0) is 16.4. The summed E-state index contributed by atoms with van der Waals surface area (Å²) in [6, 6.07) is 8.97. The van der Waals surface area contributed by atoms with Gasteiger partial charge in [-0.2, -0.15) is 0 Å². The molecule has 0 atom stereocenters. The van der Waals surface area contributed by atoms with Crippen molar-refractivity contribution < 1.29 is 14.0 Å². The Morgan fingerprint density at radius 1 is 1.26 bits per heavy atom. The van der Waals surface area contributed by atoms with Crippen LogP contribution in [0.4, 0.5) is 5.69 Å². The normalized spacial score (nSPS) is 14.0. The molecular formula is C18H18N2O3. The number of primary amides is 1. The summed E-state index contributed by atoms with van der Waals surface area (Å²) in [6.45, 7) is 2.47. The number of nitrogens with zero attached hydrogens (tertiary/aromatic N) is 1. The van der Waals surface area contributed by atoms with Gasteiger partial charge in [0.1, 0.15) is 11.5 Å². The highest BCUT2D eigenvalue weighted by Gasteiger charge is 2.24. The van der Waals surface area contributed by atoms with Gasteiger partial charge in [0, 0.05) is 23.9 Å². The number of furan rings is 1. The van der Waals surface area contributed by atoms with Gasteiger partial charge < -0.3 is 15.1 Å². The SMILES string of the molecule is Cc1ccc(/C=C/C(=O)N2CCCc3c(C(N)=O)cccc32)o1. The number of benzene rings is 1. The molecule has 5 heteroatoms. The molecule has 2 N–H and O–H groups in total. The molecule has 1 aromatic carbocycles. The largest absolute Gasteiger partial charge is 0.462 e. The van der Waals surface area contributed by atoms with Gasteiger partial charge in [0.05, 0.1) is 0 Å². The molecule has 0 aliphatic carbocycles. The average molecular weight is 310 g/mol. The molecule has 0 spiro atoms. The fourth-order valence-electron chi connectivity index (χ4n) is 2.87. The minimum absolute atomic E-state index is 0.137. The molecule has 0 radical (unpaired) electrons. The summed E-state index contributed by atoms with van der Waals surface area (Å²) < 4.78 is 5.42. The predicted molar refractivity (Wildman–Crippen MR) is 88.1 cm³/mol. The van der Waals surface area contributed by atoms with Crippen LogP contribution in [0.5, 0.6) is 0 Å². The van der Waals surface area contributed by atoms with E-state index in [-0.39, 0.29) is 5.91 Å². The molecule has 0 fully saturated rings. The maximum absolute atomic E-state index is 12.5. The Hall–Kier alpha value is -2.82. The van der Waals surface area contributed by atoms with Crippen LogP contribution in [0.15, 0.2) is 40.8 Å².